The molecule has 0 spiro atoms. The van der Waals surface area contributed by atoms with Crippen molar-refractivity contribution < 1.29 is 0 Å². The zero-order valence-electron chi connectivity index (χ0n) is 23.8. The molecule has 194 valence electrons. The Labute approximate surface area is 225 Å². The number of hydrogen-bond acceptors (Lipinski definition) is 3. The number of nitrogens with one attached hydrogen (secondary N) is 1. The first kappa shape index (κ1) is 27.0. The molecule has 4 heteroatoms. The van der Waals surface area contributed by atoms with Crippen LogP contribution in [0.1, 0.15) is 48.6 Å². The van der Waals surface area contributed by atoms with Crippen molar-refractivity contribution in [3.63, 3.8) is 0 Å². The Morgan fingerprint density at radius 1 is 0.730 bits per heavy atom. The number of hydrogen-bond donors (Lipinski definition) is 1. The Morgan fingerprint density at radius 2 is 1.30 bits per heavy atom. The zero-order chi connectivity index (χ0) is 26.8. The first-order valence-electron chi connectivity index (χ1n) is 13.3. The van der Waals surface area contributed by atoms with Crippen LogP contribution in [-0.2, 0) is 6.42 Å². The summed E-state index contributed by atoms with van der Waals surface area (Å²) in [5.41, 5.74) is 8.85. The second-order valence-electron chi connectivity index (χ2n) is 11.8. The highest BCUT2D eigenvalue weighted by atomic mass is 28.3. The maximum absolute atomic E-state index is 4.07. The van der Waals surface area contributed by atoms with Gasteiger partial charge in [-0.05, 0) is 43.5 Å². The molecule has 2 atom stereocenters. The molecule has 0 fully saturated rings. The normalized spacial score (nSPS) is 17.5. The number of nitrogens with zero attached hydrogens (tertiary/aromatic N) is 2. The molecule has 1 N–H and O–H groups in total. The van der Waals surface area contributed by atoms with Crippen molar-refractivity contribution in [2.45, 2.75) is 44.8 Å². The number of rotatable bonds is 5. The third-order valence-corrected chi connectivity index (χ3v) is 11.8. The molecule has 0 saturated heterocycles. The summed E-state index contributed by atoms with van der Waals surface area (Å²) < 4.78 is 0. The van der Waals surface area contributed by atoms with Crippen LogP contribution in [0.25, 0.3) is 11.4 Å². The third kappa shape index (κ3) is 5.76. The van der Waals surface area contributed by atoms with E-state index in [0.717, 1.165) is 6.42 Å². The smallest absolute Gasteiger partial charge is 0.166 e. The molecule has 0 amide bonds. The Bertz CT molecular complexity index is 1280. The highest BCUT2D eigenvalue weighted by Crippen LogP contribution is 2.41. The lowest BCUT2D eigenvalue weighted by Gasteiger charge is -2.40. The molecule has 5 rings (SSSR count). The van der Waals surface area contributed by atoms with Crippen LogP contribution in [-0.4, -0.2) is 51.8 Å². The largest absolute Gasteiger partial charge is 0.377 e. The lowest BCUT2D eigenvalue weighted by Crippen LogP contribution is -2.66. The SMILES string of the molecule is CN(C)C1=CC([Si](C)(NC(C)(C)C)c2ccccc2)c2ccccc21.CN(C)C1=CCc2ccccc21. The molecule has 2 aliphatic rings. The summed E-state index contributed by atoms with van der Waals surface area (Å²) in [4.78, 5) is 8.49. The minimum atomic E-state index is -2.02. The van der Waals surface area contributed by atoms with E-state index in [1.807, 2.05) is 0 Å². The van der Waals surface area contributed by atoms with Crippen molar-refractivity contribution >= 4 is 24.8 Å². The summed E-state index contributed by atoms with van der Waals surface area (Å²) >= 11 is 0. The van der Waals surface area contributed by atoms with Gasteiger partial charge < -0.3 is 14.8 Å². The quantitative estimate of drug-likeness (QED) is 0.411. The van der Waals surface area contributed by atoms with Crippen molar-refractivity contribution in [3.05, 3.63) is 113 Å². The molecular weight excluding hydrogens is 466 g/mol. The predicted octanol–water partition coefficient (Wildman–Crippen LogP) is 6.24. The molecule has 2 unspecified atom stereocenters. The van der Waals surface area contributed by atoms with Gasteiger partial charge in [0.25, 0.3) is 0 Å². The van der Waals surface area contributed by atoms with Crippen LogP contribution in [0, 0.1) is 0 Å². The molecule has 37 heavy (non-hydrogen) atoms. The predicted molar refractivity (Wildman–Crippen MR) is 163 cm³/mol. The first-order valence-corrected chi connectivity index (χ1v) is 15.9. The fourth-order valence-electron chi connectivity index (χ4n) is 5.79. The van der Waals surface area contributed by atoms with Crippen molar-refractivity contribution in [1.82, 2.24) is 14.8 Å². The average molecular weight is 510 g/mol. The lowest BCUT2D eigenvalue weighted by atomic mass is 10.1. The Kier molecular flexibility index (Phi) is 7.82. The first-order chi connectivity index (χ1) is 17.5. The van der Waals surface area contributed by atoms with E-state index >= 15 is 0 Å². The summed E-state index contributed by atoms with van der Waals surface area (Å²) in [6, 6.07) is 28.5. The summed E-state index contributed by atoms with van der Waals surface area (Å²) in [5.74, 6) is 0. The van der Waals surface area contributed by atoms with Crippen molar-refractivity contribution in [1.29, 1.82) is 0 Å². The Hall–Kier alpha value is -3.08. The van der Waals surface area contributed by atoms with Gasteiger partial charge in [-0.15, -0.1) is 0 Å². The van der Waals surface area contributed by atoms with E-state index in [0.29, 0.717) is 5.54 Å². The fraction of sp³-hybridized carbons (Fsp3) is 0.333. The molecule has 3 nitrogen and oxygen atoms in total. The van der Waals surface area contributed by atoms with Gasteiger partial charge in [-0.1, -0.05) is 97.6 Å². The van der Waals surface area contributed by atoms with Crippen LogP contribution < -0.4 is 10.2 Å². The monoisotopic (exact) mass is 509 g/mol. The van der Waals surface area contributed by atoms with Gasteiger partial charge in [0.15, 0.2) is 8.24 Å². The van der Waals surface area contributed by atoms with Crippen LogP contribution in [0.3, 0.4) is 0 Å². The minimum Gasteiger partial charge on any atom is -0.377 e. The van der Waals surface area contributed by atoms with Gasteiger partial charge >= 0.3 is 0 Å². The van der Waals surface area contributed by atoms with E-state index in [1.54, 1.807) is 0 Å². The lowest BCUT2D eigenvalue weighted by molar-refractivity contribution is 0.511. The molecule has 0 heterocycles. The molecule has 0 aromatic heterocycles. The van der Waals surface area contributed by atoms with Crippen molar-refractivity contribution in [3.8, 4) is 0 Å². The van der Waals surface area contributed by atoms with Crippen molar-refractivity contribution in [2.24, 2.45) is 0 Å². The maximum Gasteiger partial charge on any atom is 0.166 e. The van der Waals surface area contributed by atoms with E-state index in [9.17, 15) is 0 Å². The molecule has 2 aliphatic carbocycles. The summed E-state index contributed by atoms with van der Waals surface area (Å²) in [7, 11) is 6.45. The number of allylic oxidation sites excluding steroid dienone is 2. The topological polar surface area (TPSA) is 18.5 Å². The van der Waals surface area contributed by atoms with Crippen LogP contribution >= 0.6 is 0 Å². The van der Waals surface area contributed by atoms with E-state index in [2.05, 4.69) is 161 Å². The van der Waals surface area contributed by atoms with Crippen LogP contribution in [0.5, 0.6) is 0 Å². The Morgan fingerprint density at radius 3 is 1.92 bits per heavy atom. The fourth-order valence-corrected chi connectivity index (χ4v) is 10.3. The van der Waals surface area contributed by atoms with Gasteiger partial charge in [-0.2, -0.15) is 0 Å². The second kappa shape index (κ2) is 10.7. The van der Waals surface area contributed by atoms with Crippen LogP contribution in [0.2, 0.25) is 6.55 Å². The standard InChI is InChI=1S/C22H30N2Si.C11H13N/c1-22(2,3)23-25(6,17-12-8-7-9-13-17)21-16-20(24(4)5)18-14-10-11-15-19(18)21;1-12(2)11-8-7-9-5-3-4-6-10(9)11/h7-16,21,23H,1-6H3;3-6,8H,7H2,1-2H3. The molecule has 3 aromatic carbocycles. The van der Waals surface area contributed by atoms with Gasteiger partial charge in [0.1, 0.15) is 0 Å². The number of fused-ring (bicyclic) bond motifs is 2. The molecule has 0 aliphatic heterocycles. The van der Waals surface area contributed by atoms with Crippen LogP contribution in [0.15, 0.2) is 91.0 Å². The van der Waals surface area contributed by atoms with E-state index < -0.39 is 8.24 Å². The summed E-state index contributed by atoms with van der Waals surface area (Å²) in [6.07, 6.45) is 5.86. The van der Waals surface area contributed by atoms with Gasteiger partial charge in [0.2, 0.25) is 0 Å². The third-order valence-electron chi connectivity index (χ3n) is 7.30. The van der Waals surface area contributed by atoms with Gasteiger partial charge in [0, 0.05) is 61.8 Å². The molecule has 0 bridgehead atoms. The van der Waals surface area contributed by atoms with E-state index in [4.69, 9.17) is 0 Å². The number of benzene rings is 3. The molecule has 3 aromatic rings. The average Bonchev–Trinajstić information content (AvgIpc) is 3.47. The highest BCUT2D eigenvalue weighted by molar-refractivity contribution is 6.90. The molecule has 0 radical (unpaired) electrons. The molecular formula is C33H43N3Si. The van der Waals surface area contributed by atoms with Gasteiger partial charge in [-0.25, -0.2) is 0 Å². The van der Waals surface area contributed by atoms with Gasteiger partial charge in [-0.3, -0.25) is 0 Å². The van der Waals surface area contributed by atoms with E-state index in [-0.39, 0.29) is 5.54 Å². The van der Waals surface area contributed by atoms with Crippen LogP contribution in [0.4, 0.5) is 0 Å². The molecule has 0 saturated carbocycles. The van der Waals surface area contributed by atoms with E-state index in [1.165, 1.54) is 38.8 Å². The summed E-state index contributed by atoms with van der Waals surface area (Å²) in [5, 5.41) is 1.46. The zero-order valence-corrected chi connectivity index (χ0v) is 24.8. The van der Waals surface area contributed by atoms with Crippen molar-refractivity contribution in [2.75, 3.05) is 28.2 Å². The van der Waals surface area contributed by atoms with Gasteiger partial charge in [0.05, 0.1) is 0 Å². The minimum absolute atomic E-state index is 0.0699. The second-order valence-corrected chi connectivity index (χ2v) is 15.7. The highest BCUT2D eigenvalue weighted by Gasteiger charge is 2.44. The Balaban J connectivity index is 0.000000222. The summed E-state index contributed by atoms with van der Waals surface area (Å²) in [6.45, 7) is 9.31. The maximum atomic E-state index is 4.07.